The van der Waals surface area contributed by atoms with Gasteiger partial charge in [0, 0.05) is 34.2 Å². The molecule has 1 fully saturated rings. The zero-order valence-electron chi connectivity index (χ0n) is 19.5. The molecule has 2 heterocycles. The van der Waals surface area contributed by atoms with Crippen molar-refractivity contribution in [2.24, 2.45) is 5.92 Å². The molecule has 1 unspecified atom stereocenters. The van der Waals surface area contributed by atoms with Crippen LogP contribution in [0.2, 0.25) is 0 Å². The number of rotatable bonds is 8. The fourth-order valence-electron chi connectivity index (χ4n) is 4.11. The molecule has 0 bridgehead atoms. The third kappa shape index (κ3) is 5.68. The Morgan fingerprint density at radius 1 is 1.18 bits per heavy atom. The number of benzene rings is 1. The molecule has 178 valence electrons. The Morgan fingerprint density at radius 2 is 1.94 bits per heavy atom. The normalized spacial score (nSPS) is 16.2. The number of phenolic OH excluding ortho intramolecular Hbond substituents is 1. The lowest BCUT2D eigenvalue weighted by atomic mass is 9.93. The maximum absolute atomic E-state index is 10.3. The maximum Gasteiger partial charge on any atom is 0.226 e. The molecule has 0 saturated heterocycles. The van der Waals surface area contributed by atoms with Crippen molar-refractivity contribution in [3.8, 4) is 5.75 Å². The van der Waals surface area contributed by atoms with Crippen molar-refractivity contribution < 1.29 is 10.2 Å². The zero-order valence-corrected chi connectivity index (χ0v) is 21.6. The van der Waals surface area contributed by atoms with E-state index in [2.05, 4.69) is 42.8 Å². The highest BCUT2D eigenvalue weighted by Gasteiger charge is 2.24. The van der Waals surface area contributed by atoms with Crippen LogP contribution in [-0.4, -0.2) is 41.9 Å². The van der Waals surface area contributed by atoms with Crippen molar-refractivity contribution in [2.45, 2.75) is 71.1 Å². The molecule has 33 heavy (non-hydrogen) atoms. The maximum atomic E-state index is 10.3. The quantitative estimate of drug-likeness (QED) is 0.283. The number of fused-ring (bicyclic) bond motifs is 1. The molecule has 4 rings (SSSR count). The number of aliphatic hydroxyl groups is 1. The summed E-state index contributed by atoms with van der Waals surface area (Å²) >= 11 is 2.24. The van der Waals surface area contributed by atoms with Gasteiger partial charge in [0.15, 0.2) is 17.0 Å². The molecule has 0 amide bonds. The summed E-state index contributed by atoms with van der Waals surface area (Å²) in [6.45, 7) is 6.58. The van der Waals surface area contributed by atoms with Gasteiger partial charge in [-0.25, -0.2) is 4.98 Å². The van der Waals surface area contributed by atoms with Crippen LogP contribution in [0.3, 0.4) is 0 Å². The monoisotopic (exact) mass is 564 g/mol. The van der Waals surface area contributed by atoms with E-state index in [4.69, 9.17) is 9.97 Å². The van der Waals surface area contributed by atoms with Crippen LogP contribution in [0, 0.1) is 9.49 Å². The summed E-state index contributed by atoms with van der Waals surface area (Å²) in [7, 11) is 0. The Balaban J connectivity index is 1.65. The van der Waals surface area contributed by atoms with Crippen LogP contribution in [0.25, 0.3) is 11.2 Å². The molecule has 1 aliphatic carbocycles. The van der Waals surface area contributed by atoms with Gasteiger partial charge in [-0.3, -0.25) is 0 Å². The Hall–Kier alpha value is -2.14. The Kier molecular flexibility index (Phi) is 7.28. The summed E-state index contributed by atoms with van der Waals surface area (Å²) in [6, 6.07) is 5.93. The second-order valence-electron chi connectivity index (χ2n) is 9.57. The smallest absolute Gasteiger partial charge is 0.226 e. The molecular weight excluding hydrogens is 531 g/mol. The van der Waals surface area contributed by atoms with Crippen molar-refractivity contribution in [1.82, 2.24) is 19.5 Å². The Bertz CT molecular complexity index is 1100. The molecule has 1 saturated carbocycles. The highest BCUT2D eigenvalue weighted by molar-refractivity contribution is 14.1. The second-order valence-corrected chi connectivity index (χ2v) is 10.8. The van der Waals surface area contributed by atoms with E-state index in [0.717, 1.165) is 33.1 Å². The van der Waals surface area contributed by atoms with Gasteiger partial charge in [0.25, 0.3) is 0 Å². The van der Waals surface area contributed by atoms with Crippen LogP contribution in [0.15, 0.2) is 24.5 Å². The van der Waals surface area contributed by atoms with Crippen LogP contribution in [0.5, 0.6) is 5.75 Å². The molecule has 4 N–H and O–H groups in total. The predicted molar refractivity (Wildman–Crippen MR) is 140 cm³/mol. The summed E-state index contributed by atoms with van der Waals surface area (Å²) in [6.07, 6.45) is 7.88. The summed E-state index contributed by atoms with van der Waals surface area (Å²) in [5, 5.41) is 27.2. The van der Waals surface area contributed by atoms with Gasteiger partial charge in [0.1, 0.15) is 5.75 Å². The van der Waals surface area contributed by atoms with Gasteiger partial charge in [-0.15, -0.1) is 0 Å². The van der Waals surface area contributed by atoms with Gasteiger partial charge in [-0.1, -0.05) is 26.2 Å². The van der Waals surface area contributed by atoms with Gasteiger partial charge < -0.3 is 25.4 Å². The van der Waals surface area contributed by atoms with Crippen LogP contribution >= 0.6 is 22.6 Å². The molecule has 8 nitrogen and oxygen atoms in total. The van der Waals surface area contributed by atoms with Crippen molar-refractivity contribution in [3.05, 3.63) is 33.7 Å². The van der Waals surface area contributed by atoms with E-state index < -0.39 is 5.60 Å². The number of phenols is 1. The number of hydrogen-bond donors (Lipinski definition) is 4. The highest BCUT2D eigenvalue weighted by atomic mass is 127. The van der Waals surface area contributed by atoms with Gasteiger partial charge in [-0.05, 0) is 67.5 Å². The van der Waals surface area contributed by atoms with Gasteiger partial charge >= 0.3 is 0 Å². The molecule has 2 aromatic heterocycles. The minimum absolute atomic E-state index is 0.0137. The first kappa shape index (κ1) is 24.0. The first-order chi connectivity index (χ1) is 15.7. The molecule has 3 aromatic rings. The Labute approximate surface area is 208 Å². The third-order valence-electron chi connectivity index (χ3n) is 6.65. The highest BCUT2D eigenvalue weighted by Crippen LogP contribution is 2.32. The number of nitrogens with one attached hydrogen (secondary N) is 2. The van der Waals surface area contributed by atoms with Crippen molar-refractivity contribution in [2.75, 3.05) is 17.2 Å². The number of imidazole rings is 1. The first-order valence-electron chi connectivity index (χ1n) is 11.6. The lowest BCUT2D eigenvalue weighted by molar-refractivity contribution is 0.0303. The molecular formula is C24H33IN6O2. The molecule has 0 spiro atoms. The largest absolute Gasteiger partial charge is 0.508 e. The summed E-state index contributed by atoms with van der Waals surface area (Å²) in [5.41, 5.74) is 1.53. The standard InChI is InChI=1S/C24H33IN6O2/c1-15(24(2,3)33)12-27-23-29-21(26-13-16-11-17(25)9-10-19(16)32)20-22(30-23)31(14-28-20)18-7-5-4-6-8-18/h9-11,14-15,18,32-33H,4-8,12-13H2,1-3H3,(H2,26,27,29,30). The molecule has 1 aliphatic rings. The number of anilines is 2. The van der Waals surface area contributed by atoms with Gasteiger partial charge in [-0.2, -0.15) is 9.97 Å². The van der Waals surface area contributed by atoms with E-state index in [1.54, 1.807) is 6.07 Å². The molecule has 9 heteroatoms. The average molecular weight is 564 g/mol. The lowest BCUT2D eigenvalue weighted by Gasteiger charge is -2.26. The number of aromatic hydroxyl groups is 1. The predicted octanol–water partition coefficient (Wildman–Crippen LogP) is 5.07. The fraction of sp³-hybridized carbons (Fsp3) is 0.542. The van der Waals surface area contributed by atoms with Crippen LogP contribution in [-0.2, 0) is 6.54 Å². The minimum Gasteiger partial charge on any atom is -0.508 e. The van der Waals surface area contributed by atoms with Crippen molar-refractivity contribution >= 4 is 45.5 Å². The number of aromatic nitrogens is 4. The molecule has 0 radical (unpaired) electrons. The van der Waals surface area contributed by atoms with Crippen molar-refractivity contribution in [3.63, 3.8) is 0 Å². The van der Waals surface area contributed by atoms with E-state index in [9.17, 15) is 10.2 Å². The van der Waals surface area contributed by atoms with E-state index in [1.807, 2.05) is 39.2 Å². The molecule has 0 aliphatic heterocycles. The molecule has 1 atom stereocenters. The summed E-state index contributed by atoms with van der Waals surface area (Å²) in [4.78, 5) is 14.2. The minimum atomic E-state index is -0.802. The van der Waals surface area contributed by atoms with Gasteiger partial charge in [0.2, 0.25) is 5.95 Å². The summed E-state index contributed by atoms with van der Waals surface area (Å²) in [5.74, 6) is 1.40. The van der Waals surface area contributed by atoms with E-state index in [-0.39, 0.29) is 11.7 Å². The lowest BCUT2D eigenvalue weighted by Crippen LogP contribution is -2.33. The zero-order chi connectivity index (χ0) is 23.6. The topological polar surface area (TPSA) is 108 Å². The number of halogens is 1. The van der Waals surface area contributed by atoms with E-state index in [0.29, 0.717) is 30.9 Å². The first-order valence-corrected chi connectivity index (χ1v) is 12.7. The Morgan fingerprint density at radius 3 is 2.67 bits per heavy atom. The fourth-order valence-corrected chi connectivity index (χ4v) is 4.67. The second kappa shape index (κ2) is 10.0. The van der Waals surface area contributed by atoms with Crippen molar-refractivity contribution in [1.29, 1.82) is 0 Å². The van der Waals surface area contributed by atoms with E-state index >= 15 is 0 Å². The van der Waals surface area contributed by atoms with E-state index in [1.165, 1.54) is 19.3 Å². The number of hydrogen-bond acceptors (Lipinski definition) is 7. The molecule has 1 aromatic carbocycles. The van der Waals surface area contributed by atoms with Crippen LogP contribution in [0.4, 0.5) is 11.8 Å². The SMILES string of the molecule is CC(CNc1nc(NCc2cc(I)ccc2O)c2ncn(C3CCCCC3)c2n1)C(C)(C)O. The third-order valence-corrected chi connectivity index (χ3v) is 7.32. The average Bonchev–Trinajstić information content (AvgIpc) is 3.22. The number of nitrogens with zero attached hydrogens (tertiary/aromatic N) is 4. The van der Waals surface area contributed by atoms with Crippen LogP contribution in [0.1, 0.15) is 64.5 Å². The van der Waals surface area contributed by atoms with Crippen LogP contribution < -0.4 is 10.6 Å². The van der Waals surface area contributed by atoms with Gasteiger partial charge in [0.05, 0.1) is 11.9 Å². The summed E-state index contributed by atoms with van der Waals surface area (Å²) < 4.78 is 3.24.